The second-order valence-electron chi connectivity index (χ2n) is 6.68. The fraction of sp³-hybridized carbons (Fsp3) is 0.333. The maximum atomic E-state index is 12.8. The average molecular weight is 385 g/mol. The molecule has 1 aromatic heterocycles. The summed E-state index contributed by atoms with van der Waals surface area (Å²) in [6.45, 7) is 9.16. The van der Waals surface area contributed by atoms with Crippen LogP contribution in [0, 0.1) is 27.7 Å². The molecule has 3 nitrogen and oxygen atoms in total. The van der Waals surface area contributed by atoms with Crippen LogP contribution < -0.4 is 4.80 Å². The topological polar surface area (TPSA) is 34.4 Å². The van der Waals surface area contributed by atoms with Gasteiger partial charge in [0.1, 0.15) is 0 Å². The van der Waals surface area contributed by atoms with Crippen molar-refractivity contribution in [3.05, 3.63) is 63.0 Å². The number of amides is 1. The molecule has 0 N–H and O–H groups in total. The van der Waals surface area contributed by atoms with E-state index in [1.807, 2.05) is 32.0 Å². The maximum absolute atomic E-state index is 12.8. The predicted molar refractivity (Wildman–Crippen MR) is 113 cm³/mol. The van der Waals surface area contributed by atoms with Crippen LogP contribution in [0.15, 0.2) is 35.3 Å². The molecule has 0 aliphatic carbocycles. The molecule has 1 heterocycles. The Morgan fingerprint density at radius 1 is 1.08 bits per heavy atom. The summed E-state index contributed by atoms with van der Waals surface area (Å²) in [5.41, 5.74) is 6.59. The number of fused-ring (bicyclic) bond motifs is 1. The van der Waals surface area contributed by atoms with Gasteiger partial charge in [0, 0.05) is 17.9 Å². The van der Waals surface area contributed by atoms with E-state index < -0.39 is 0 Å². The van der Waals surface area contributed by atoms with E-state index in [-0.39, 0.29) is 5.91 Å². The summed E-state index contributed by atoms with van der Waals surface area (Å²) < 4.78 is 3.40. The Labute approximate surface area is 162 Å². The summed E-state index contributed by atoms with van der Waals surface area (Å²) in [6, 6.07) is 10.2. The van der Waals surface area contributed by atoms with Gasteiger partial charge in [-0.25, -0.2) is 0 Å². The predicted octanol–water partition coefficient (Wildman–Crippen LogP) is 5.04. The van der Waals surface area contributed by atoms with Gasteiger partial charge in [-0.05, 0) is 74.4 Å². The molecule has 1 amide bonds. The normalized spacial score (nSPS) is 12.1. The molecular formula is C21H24N2OS2. The van der Waals surface area contributed by atoms with Crippen molar-refractivity contribution in [2.45, 2.75) is 34.2 Å². The summed E-state index contributed by atoms with van der Waals surface area (Å²) in [6.07, 6.45) is 2.10. The standard InChI is InChI=1S/C21H24N2OS2/c1-13-10-16(4)19-18(11-13)23(8-9-25-5)21(26-19)22-20(24)17-7-6-14(2)15(3)12-17/h6-7,10-12H,8-9H2,1-5H3. The van der Waals surface area contributed by atoms with Gasteiger partial charge < -0.3 is 4.57 Å². The Bertz CT molecular complexity index is 1040. The van der Waals surface area contributed by atoms with Crippen LogP contribution in [0.3, 0.4) is 0 Å². The third-order valence-electron chi connectivity index (χ3n) is 4.58. The fourth-order valence-corrected chi connectivity index (χ4v) is 4.49. The van der Waals surface area contributed by atoms with Crippen LogP contribution in [0.25, 0.3) is 10.2 Å². The Morgan fingerprint density at radius 2 is 1.85 bits per heavy atom. The largest absolute Gasteiger partial charge is 0.315 e. The fourth-order valence-electron chi connectivity index (χ4n) is 3.02. The molecule has 3 aromatic rings. The zero-order valence-corrected chi connectivity index (χ0v) is 17.6. The minimum absolute atomic E-state index is 0.174. The van der Waals surface area contributed by atoms with Gasteiger partial charge in [-0.15, -0.1) is 0 Å². The lowest BCUT2D eigenvalue weighted by Gasteiger charge is -2.06. The molecule has 5 heteroatoms. The lowest BCUT2D eigenvalue weighted by Crippen LogP contribution is -2.18. The highest BCUT2D eigenvalue weighted by Crippen LogP contribution is 2.24. The molecule has 0 bridgehead atoms. The first-order chi connectivity index (χ1) is 12.4. The molecule has 3 rings (SSSR count). The molecule has 0 radical (unpaired) electrons. The van der Waals surface area contributed by atoms with Crippen molar-refractivity contribution in [1.82, 2.24) is 4.57 Å². The van der Waals surface area contributed by atoms with Gasteiger partial charge in [0.05, 0.1) is 10.2 Å². The molecule has 0 saturated heterocycles. The Kier molecular flexibility index (Phi) is 5.68. The lowest BCUT2D eigenvalue weighted by atomic mass is 10.1. The second kappa shape index (κ2) is 7.80. The number of rotatable bonds is 4. The lowest BCUT2D eigenvalue weighted by molar-refractivity contribution is 0.0998. The van der Waals surface area contributed by atoms with Crippen molar-refractivity contribution >= 4 is 39.2 Å². The van der Waals surface area contributed by atoms with Gasteiger partial charge in [0.2, 0.25) is 0 Å². The van der Waals surface area contributed by atoms with Crippen LogP contribution in [-0.4, -0.2) is 22.5 Å². The molecule has 0 spiro atoms. The highest BCUT2D eigenvalue weighted by atomic mass is 32.2. The van der Waals surface area contributed by atoms with Gasteiger partial charge in [0.15, 0.2) is 4.80 Å². The minimum atomic E-state index is -0.174. The van der Waals surface area contributed by atoms with E-state index in [4.69, 9.17) is 0 Å². The van der Waals surface area contributed by atoms with Crippen LogP contribution in [0.5, 0.6) is 0 Å². The summed E-state index contributed by atoms with van der Waals surface area (Å²) in [7, 11) is 0. The average Bonchev–Trinajstić information content (AvgIpc) is 2.93. The van der Waals surface area contributed by atoms with E-state index in [2.05, 4.69) is 41.8 Å². The van der Waals surface area contributed by atoms with E-state index in [1.54, 1.807) is 23.1 Å². The van der Waals surface area contributed by atoms with Crippen LogP contribution in [0.2, 0.25) is 0 Å². The Morgan fingerprint density at radius 3 is 2.54 bits per heavy atom. The summed E-state index contributed by atoms with van der Waals surface area (Å²) in [4.78, 5) is 18.0. The molecule has 2 aromatic carbocycles. The van der Waals surface area contributed by atoms with Crippen LogP contribution in [0.4, 0.5) is 0 Å². The molecule has 0 fully saturated rings. The zero-order valence-electron chi connectivity index (χ0n) is 15.9. The summed E-state index contributed by atoms with van der Waals surface area (Å²) in [5.74, 6) is 0.816. The number of carbonyl (C=O) groups excluding carboxylic acids is 1. The molecule has 0 aliphatic rings. The van der Waals surface area contributed by atoms with Crippen molar-refractivity contribution in [2.75, 3.05) is 12.0 Å². The number of benzene rings is 2. The van der Waals surface area contributed by atoms with Crippen molar-refractivity contribution in [2.24, 2.45) is 4.99 Å². The third-order valence-corrected chi connectivity index (χ3v) is 6.40. The summed E-state index contributed by atoms with van der Waals surface area (Å²) >= 11 is 3.41. The first kappa shape index (κ1) is 18.9. The van der Waals surface area contributed by atoms with Crippen LogP contribution in [0.1, 0.15) is 32.6 Å². The number of aryl methyl sites for hydroxylation is 5. The third kappa shape index (κ3) is 3.79. The molecule has 136 valence electrons. The molecule has 0 saturated carbocycles. The highest BCUT2D eigenvalue weighted by molar-refractivity contribution is 7.98. The van der Waals surface area contributed by atoms with E-state index in [1.165, 1.54) is 26.9 Å². The van der Waals surface area contributed by atoms with Gasteiger partial charge in [-0.1, -0.05) is 23.5 Å². The SMILES string of the molecule is CSCCn1c(=NC(=O)c2ccc(C)c(C)c2)sc2c(C)cc(C)cc21. The number of hydrogen-bond acceptors (Lipinski definition) is 3. The quantitative estimate of drug-likeness (QED) is 0.631. The number of nitrogens with zero attached hydrogens (tertiary/aromatic N) is 2. The number of thioether (sulfide) groups is 1. The molecular weight excluding hydrogens is 360 g/mol. The monoisotopic (exact) mass is 384 g/mol. The van der Waals surface area contributed by atoms with E-state index in [0.29, 0.717) is 5.56 Å². The van der Waals surface area contributed by atoms with Crippen LogP contribution >= 0.6 is 23.1 Å². The van der Waals surface area contributed by atoms with Gasteiger partial charge in [-0.2, -0.15) is 16.8 Å². The molecule has 0 unspecified atom stereocenters. The van der Waals surface area contributed by atoms with Crippen molar-refractivity contribution in [3.8, 4) is 0 Å². The van der Waals surface area contributed by atoms with E-state index >= 15 is 0 Å². The summed E-state index contributed by atoms with van der Waals surface area (Å²) in [5, 5.41) is 0. The molecule has 26 heavy (non-hydrogen) atoms. The van der Waals surface area contributed by atoms with Gasteiger partial charge in [0.25, 0.3) is 5.91 Å². The van der Waals surface area contributed by atoms with Crippen molar-refractivity contribution < 1.29 is 4.79 Å². The smallest absolute Gasteiger partial charge is 0.279 e. The Hall–Kier alpha value is -1.85. The number of aromatic nitrogens is 1. The van der Waals surface area contributed by atoms with E-state index in [0.717, 1.165) is 22.7 Å². The molecule has 0 aliphatic heterocycles. The first-order valence-electron chi connectivity index (χ1n) is 8.66. The van der Waals surface area contributed by atoms with Gasteiger partial charge in [-0.3, -0.25) is 4.79 Å². The highest BCUT2D eigenvalue weighted by Gasteiger charge is 2.12. The second-order valence-corrected chi connectivity index (χ2v) is 8.64. The maximum Gasteiger partial charge on any atom is 0.279 e. The number of thiazole rings is 1. The van der Waals surface area contributed by atoms with Gasteiger partial charge >= 0.3 is 0 Å². The zero-order chi connectivity index (χ0) is 18.8. The molecule has 0 atom stereocenters. The minimum Gasteiger partial charge on any atom is -0.315 e. The Balaban J connectivity index is 2.15. The van der Waals surface area contributed by atoms with Crippen molar-refractivity contribution in [1.29, 1.82) is 0 Å². The number of carbonyl (C=O) groups is 1. The van der Waals surface area contributed by atoms with Crippen molar-refractivity contribution in [3.63, 3.8) is 0 Å². The number of hydrogen-bond donors (Lipinski definition) is 0. The van der Waals surface area contributed by atoms with Crippen LogP contribution in [-0.2, 0) is 6.54 Å². The van der Waals surface area contributed by atoms with E-state index in [9.17, 15) is 4.79 Å². The first-order valence-corrected chi connectivity index (χ1v) is 10.9.